The molecule has 2 saturated heterocycles. The van der Waals surface area contributed by atoms with Crippen molar-refractivity contribution in [1.82, 2.24) is 9.80 Å². The lowest BCUT2D eigenvalue weighted by Crippen LogP contribution is -2.64. The summed E-state index contributed by atoms with van der Waals surface area (Å²) >= 11 is 0. The lowest BCUT2D eigenvalue weighted by molar-refractivity contribution is -0.171. The average Bonchev–Trinajstić information content (AvgIpc) is 2.34. The third-order valence-corrected chi connectivity index (χ3v) is 4.32. The van der Waals surface area contributed by atoms with Crippen molar-refractivity contribution in [2.24, 2.45) is 0 Å². The maximum absolute atomic E-state index is 12.9. The summed E-state index contributed by atoms with van der Waals surface area (Å²) in [4.78, 5) is 4.23. The van der Waals surface area contributed by atoms with Crippen LogP contribution in [0, 0.1) is 0 Å². The minimum Gasteiger partial charge on any atom is -0.374 e. The minimum absolute atomic E-state index is 0.0591. The van der Waals surface area contributed by atoms with Crippen LogP contribution in [0.3, 0.4) is 0 Å². The molecular weight excluding hydrogens is 238 g/mol. The third-order valence-electron chi connectivity index (χ3n) is 4.32. The van der Waals surface area contributed by atoms with Gasteiger partial charge >= 0.3 is 0 Å². The van der Waals surface area contributed by atoms with E-state index in [2.05, 4.69) is 18.7 Å². The molecule has 2 rings (SSSR count). The van der Waals surface area contributed by atoms with Gasteiger partial charge in [0, 0.05) is 25.2 Å². The number of halogens is 2. The van der Waals surface area contributed by atoms with Crippen LogP contribution in [0.4, 0.5) is 8.78 Å². The van der Waals surface area contributed by atoms with Crippen molar-refractivity contribution in [2.75, 3.05) is 32.8 Å². The summed E-state index contributed by atoms with van der Waals surface area (Å²) in [6, 6.07) is 0.623. The summed E-state index contributed by atoms with van der Waals surface area (Å²) in [5.41, 5.74) is 0. The van der Waals surface area contributed by atoms with Crippen LogP contribution < -0.4 is 0 Å². The smallest absolute Gasteiger partial charge is 0.272 e. The molecule has 0 saturated carbocycles. The van der Waals surface area contributed by atoms with E-state index in [4.69, 9.17) is 4.74 Å². The maximum Gasteiger partial charge on any atom is 0.272 e. The Bertz CT molecular complexity index is 280. The highest BCUT2D eigenvalue weighted by molar-refractivity contribution is 4.94. The Morgan fingerprint density at radius 1 is 1.28 bits per heavy atom. The van der Waals surface area contributed by atoms with Gasteiger partial charge in [-0.3, -0.25) is 9.80 Å². The Labute approximate surface area is 108 Å². The second kappa shape index (κ2) is 5.39. The summed E-state index contributed by atoms with van der Waals surface area (Å²) in [5.74, 6) is -2.49. The zero-order valence-corrected chi connectivity index (χ0v) is 11.5. The number of hydrogen-bond donors (Lipinski definition) is 0. The lowest BCUT2D eigenvalue weighted by Gasteiger charge is -2.47. The van der Waals surface area contributed by atoms with E-state index < -0.39 is 5.92 Å². The number of hydrogen-bond acceptors (Lipinski definition) is 3. The van der Waals surface area contributed by atoms with E-state index in [1.807, 2.05) is 11.8 Å². The Balaban J connectivity index is 1.85. The predicted molar refractivity (Wildman–Crippen MR) is 67.0 cm³/mol. The number of likely N-dealkylation sites (tertiary alicyclic amines) is 1. The second-order valence-electron chi connectivity index (χ2n) is 5.66. The molecule has 0 amide bonds. The SMILES string of the molecule is CCC(C)N1CCO[C@@H]([C@H](C)N2CC(F)(F)C2)C1. The molecule has 2 aliphatic rings. The molecule has 3 atom stereocenters. The Kier molecular flexibility index (Phi) is 4.24. The van der Waals surface area contributed by atoms with Gasteiger partial charge in [0.05, 0.1) is 25.8 Å². The normalized spacial score (nSPS) is 32.8. The van der Waals surface area contributed by atoms with Crippen molar-refractivity contribution in [3.63, 3.8) is 0 Å². The predicted octanol–water partition coefficient (Wildman–Crippen LogP) is 1.83. The number of ether oxygens (including phenoxy) is 1. The van der Waals surface area contributed by atoms with E-state index >= 15 is 0 Å². The van der Waals surface area contributed by atoms with Gasteiger partial charge < -0.3 is 4.74 Å². The molecular formula is C13H24F2N2O. The van der Waals surface area contributed by atoms with Crippen LogP contribution in [-0.4, -0.2) is 66.7 Å². The van der Waals surface area contributed by atoms with Gasteiger partial charge in [-0.15, -0.1) is 0 Å². The first-order valence-corrected chi connectivity index (χ1v) is 6.90. The fraction of sp³-hybridized carbons (Fsp3) is 1.00. The molecule has 2 fully saturated rings. The summed E-state index contributed by atoms with van der Waals surface area (Å²) < 4.78 is 31.5. The molecule has 0 aromatic rings. The molecule has 0 radical (unpaired) electrons. The van der Waals surface area contributed by atoms with Crippen LogP contribution in [0.2, 0.25) is 0 Å². The van der Waals surface area contributed by atoms with Gasteiger partial charge in [0.15, 0.2) is 0 Å². The maximum atomic E-state index is 12.9. The van der Waals surface area contributed by atoms with Gasteiger partial charge in [-0.1, -0.05) is 6.92 Å². The van der Waals surface area contributed by atoms with Crippen molar-refractivity contribution in [2.45, 2.75) is 51.3 Å². The van der Waals surface area contributed by atoms with Crippen LogP contribution in [0.15, 0.2) is 0 Å². The van der Waals surface area contributed by atoms with Gasteiger partial charge in [-0.25, -0.2) is 8.78 Å². The first-order chi connectivity index (χ1) is 8.43. The Morgan fingerprint density at radius 3 is 2.50 bits per heavy atom. The summed E-state index contributed by atoms with van der Waals surface area (Å²) in [7, 11) is 0. The quantitative estimate of drug-likeness (QED) is 0.768. The molecule has 0 bridgehead atoms. The standard InChI is InChI=1S/C13H24F2N2O/c1-4-10(2)16-5-6-18-12(7-16)11(3)17-8-13(14,15)9-17/h10-12H,4-9H2,1-3H3/t10?,11-,12+/m0/s1. The highest BCUT2D eigenvalue weighted by Gasteiger charge is 2.47. The molecule has 2 aliphatic heterocycles. The van der Waals surface area contributed by atoms with Crippen LogP contribution >= 0.6 is 0 Å². The van der Waals surface area contributed by atoms with Gasteiger partial charge in [0.1, 0.15) is 0 Å². The first kappa shape index (κ1) is 14.2. The van der Waals surface area contributed by atoms with E-state index in [9.17, 15) is 8.78 Å². The number of morpholine rings is 1. The molecule has 2 heterocycles. The zero-order valence-electron chi connectivity index (χ0n) is 11.5. The molecule has 106 valence electrons. The molecule has 3 nitrogen and oxygen atoms in total. The summed E-state index contributed by atoms with van der Waals surface area (Å²) in [6.07, 6.45) is 1.17. The van der Waals surface area contributed by atoms with Crippen LogP contribution in [0.1, 0.15) is 27.2 Å². The summed E-state index contributed by atoms with van der Waals surface area (Å²) in [5, 5.41) is 0. The van der Waals surface area contributed by atoms with E-state index in [1.165, 1.54) is 0 Å². The van der Waals surface area contributed by atoms with Crippen molar-refractivity contribution in [1.29, 1.82) is 0 Å². The Morgan fingerprint density at radius 2 is 1.94 bits per heavy atom. The molecule has 0 N–H and O–H groups in total. The fourth-order valence-electron chi connectivity index (χ4n) is 2.72. The molecule has 0 aromatic carbocycles. The second-order valence-corrected chi connectivity index (χ2v) is 5.66. The highest BCUT2D eigenvalue weighted by atomic mass is 19.3. The topological polar surface area (TPSA) is 15.7 Å². The molecule has 0 aromatic heterocycles. The number of nitrogens with zero attached hydrogens (tertiary/aromatic N) is 2. The van der Waals surface area contributed by atoms with E-state index in [0.717, 1.165) is 19.5 Å². The Hall–Kier alpha value is -0.260. The van der Waals surface area contributed by atoms with E-state index in [1.54, 1.807) is 0 Å². The highest BCUT2D eigenvalue weighted by Crippen LogP contribution is 2.30. The third kappa shape index (κ3) is 3.00. The van der Waals surface area contributed by atoms with E-state index in [0.29, 0.717) is 12.6 Å². The van der Waals surface area contributed by atoms with Gasteiger partial charge in [0.25, 0.3) is 5.92 Å². The van der Waals surface area contributed by atoms with Crippen LogP contribution in [-0.2, 0) is 4.74 Å². The molecule has 18 heavy (non-hydrogen) atoms. The van der Waals surface area contributed by atoms with Gasteiger partial charge in [-0.2, -0.15) is 0 Å². The minimum atomic E-state index is -2.49. The van der Waals surface area contributed by atoms with Crippen molar-refractivity contribution in [3.05, 3.63) is 0 Å². The fourth-order valence-corrected chi connectivity index (χ4v) is 2.72. The molecule has 5 heteroatoms. The largest absolute Gasteiger partial charge is 0.374 e. The van der Waals surface area contributed by atoms with E-state index in [-0.39, 0.29) is 25.2 Å². The van der Waals surface area contributed by atoms with Gasteiger partial charge in [0.2, 0.25) is 0 Å². The van der Waals surface area contributed by atoms with Crippen molar-refractivity contribution >= 4 is 0 Å². The lowest BCUT2D eigenvalue weighted by atomic mass is 10.0. The molecule has 1 unspecified atom stereocenters. The summed E-state index contributed by atoms with van der Waals surface area (Å²) in [6.45, 7) is 8.68. The van der Waals surface area contributed by atoms with Crippen molar-refractivity contribution in [3.8, 4) is 0 Å². The average molecular weight is 262 g/mol. The van der Waals surface area contributed by atoms with Crippen LogP contribution in [0.25, 0.3) is 0 Å². The van der Waals surface area contributed by atoms with Crippen molar-refractivity contribution < 1.29 is 13.5 Å². The zero-order chi connectivity index (χ0) is 13.3. The van der Waals surface area contributed by atoms with Crippen LogP contribution in [0.5, 0.6) is 0 Å². The number of alkyl halides is 2. The first-order valence-electron chi connectivity index (χ1n) is 6.90. The number of rotatable bonds is 4. The molecule has 0 spiro atoms. The monoisotopic (exact) mass is 262 g/mol. The van der Waals surface area contributed by atoms with Gasteiger partial charge in [-0.05, 0) is 20.3 Å². The molecule has 0 aliphatic carbocycles.